The van der Waals surface area contributed by atoms with E-state index >= 15 is 0 Å². The molecule has 1 N–H and O–H groups in total. The number of ether oxygens (including phenoxy) is 1. The van der Waals surface area contributed by atoms with Gasteiger partial charge in [-0.3, -0.25) is 9.48 Å². The maximum Gasteiger partial charge on any atom is 0.247 e. The average molecular weight is 378 g/mol. The van der Waals surface area contributed by atoms with Gasteiger partial charge in [0.15, 0.2) is 0 Å². The average Bonchev–Trinajstić information content (AvgIpc) is 3.29. The molecule has 0 unspecified atom stereocenters. The maximum absolute atomic E-state index is 13.0. The highest BCUT2D eigenvalue weighted by atomic mass is 32.2. The second kappa shape index (κ2) is 7.46. The van der Waals surface area contributed by atoms with Gasteiger partial charge >= 0.3 is 0 Å². The molecule has 1 saturated heterocycles. The van der Waals surface area contributed by atoms with Gasteiger partial charge in [0, 0.05) is 26.2 Å². The highest BCUT2D eigenvalue weighted by Gasteiger charge is 2.45. The zero-order valence-electron chi connectivity index (χ0n) is 14.7. The van der Waals surface area contributed by atoms with Crippen LogP contribution in [-0.4, -0.2) is 54.1 Å². The molecule has 1 aromatic heterocycles. The molecular weight excluding hydrogens is 356 g/mol. The molecule has 26 heavy (non-hydrogen) atoms. The molecular formula is C17H22N4O4S. The minimum Gasteiger partial charge on any atom is -0.489 e. The highest BCUT2D eigenvalue weighted by Crippen LogP contribution is 2.29. The minimum absolute atomic E-state index is 0.0774. The van der Waals surface area contributed by atoms with Gasteiger partial charge in [-0.1, -0.05) is 18.2 Å². The number of rotatable bonds is 6. The number of benzene rings is 1. The van der Waals surface area contributed by atoms with E-state index in [2.05, 4.69) is 10.4 Å². The van der Waals surface area contributed by atoms with Crippen LogP contribution < -0.4 is 10.1 Å². The van der Waals surface area contributed by atoms with Crippen molar-refractivity contribution in [2.75, 3.05) is 13.6 Å². The molecule has 0 saturated carbocycles. The maximum atomic E-state index is 13.0. The van der Waals surface area contributed by atoms with Gasteiger partial charge in [-0.2, -0.15) is 9.40 Å². The van der Waals surface area contributed by atoms with Gasteiger partial charge in [-0.25, -0.2) is 8.42 Å². The monoisotopic (exact) mass is 378 g/mol. The lowest BCUT2D eigenvalue weighted by atomic mass is 10.2. The van der Waals surface area contributed by atoms with E-state index < -0.39 is 22.2 Å². The van der Waals surface area contributed by atoms with Crippen molar-refractivity contribution >= 4 is 15.9 Å². The second-order valence-electron chi connectivity index (χ2n) is 6.03. The fraction of sp³-hybridized carbons (Fsp3) is 0.412. The standard InChI is InChI=1S/C17H22N4O4S/c1-3-20-12-15(10-19-20)26(23,24)21-11-14(9-16(21)17(22)18-2)25-13-7-5-4-6-8-13/h4-8,10,12,14,16H,3,9,11H2,1-2H3,(H,18,22)/t14-,16-/m0/s1. The van der Waals surface area contributed by atoms with Crippen LogP contribution in [0.15, 0.2) is 47.6 Å². The Morgan fingerprint density at radius 2 is 2.08 bits per heavy atom. The molecule has 0 aliphatic carbocycles. The van der Waals surface area contributed by atoms with Gasteiger partial charge in [0.05, 0.1) is 12.7 Å². The Hall–Kier alpha value is -2.39. The van der Waals surface area contributed by atoms with Crippen molar-refractivity contribution in [3.8, 4) is 5.75 Å². The zero-order valence-corrected chi connectivity index (χ0v) is 15.5. The van der Waals surface area contributed by atoms with Crippen LogP contribution >= 0.6 is 0 Å². The van der Waals surface area contributed by atoms with Gasteiger partial charge in [-0.05, 0) is 19.1 Å². The third-order valence-corrected chi connectivity index (χ3v) is 6.18. The van der Waals surface area contributed by atoms with Crippen molar-refractivity contribution in [2.24, 2.45) is 0 Å². The number of aromatic nitrogens is 2. The van der Waals surface area contributed by atoms with E-state index in [-0.39, 0.29) is 23.8 Å². The normalized spacial score (nSPS) is 20.8. The summed E-state index contributed by atoms with van der Waals surface area (Å²) in [4.78, 5) is 12.3. The molecule has 1 aromatic carbocycles. The minimum atomic E-state index is -3.85. The summed E-state index contributed by atoms with van der Waals surface area (Å²) in [6.07, 6.45) is 2.67. The Morgan fingerprint density at radius 1 is 1.35 bits per heavy atom. The summed E-state index contributed by atoms with van der Waals surface area (Å²) in [5.41, 5.74) is 0. The lowest BCUT2D eigenvalue weighted by Gasteiger charge is -2.21. The summed E-state index contributed by atoms with van der Waals surface area (Å²) in [7, 11) is -2.35. The van der Waals surface area contributed by atoms with Crippen molar-refractivity contribution in [1.29, 1.82) is 0 Å². The van der Waals surface area contributed by atoms with Gasteiger partial charge in [0.25, 0.3) is 0 Å². The van der Waals surface area contributed by atoms with Crippen LogP contribution in [0.2, 0.25) is 0 Å². The number of hydrogen-bond donors (Lipinski definition) is 1. The fourth-order valence-corrected chi connectivity index (χ4v) is 4.59. The van der Waals surface area contributed by atoms with E-state index in [1.807, 2.05) is 25.1 Å². The topological polar surface area (TPSA) is 93.5 Å². The van der Waals surface area contributed by atoms with Crippen LogP contribution in [0.4, 0.5) is 0 Å². The molecule has 1 aliphatic rings. The molecule has 1 aliphatic heterocycles. The SMILES string of the molecule is CCn1cc(S(=O)(=O)N2C[C@@H](Oc3ccccc3)C[C@H]2C(=O)NC)cn1. The Bertz CT molecular complexity index is 866. The third kappa shape index (κ3) is 3.58. The van der Waals surface area contributed by atoms with Crippen LogP contribution in [0.5, 0.6) is 5.75 Å². The first-order valence-corrected chi connectivity index (χ1v) is 9.87. The van der Waals surface area contributed by atoms with E-state index in [0.29, 0.717) is 12.3 Å². The van der Waals surface area contributed by atoms with Crippen molar-refractivity contribution in [1.82, 2.24) is 19.4 Å². The van der Waals surface area contributed by atoms with Gasteiger partial charge < -0.3 is 10.1 Å². The van der Waals surface area contributed by atoms with E-state index in [1.165, 1.54) is 28.4 Å². The quantitative estimate of drug-likeness (QED) is 0.805. The van der Waals surface area contributed by atoms with Crippen LogP contribution in [0, 0.1) is 0 Å². The van der Waals surface area contributed by atoms with Crippen LogP contribution in [-0.2, 0) is 21.4 Å². The van der Waals surface area contributed by atoms with Gasteiger partial charge in [0.2, 0.25) is 15.9 Å². The Morgan fingerprint density at radius 3 is 2.69 bits per heavy atom. The van der Waals surface area contributed by atoms with Crippen LogP contribution in [0.3, 0.4) is 0 Å². The lowest BCUT2D eigenvalue weighted by molar-refractivity contribution is -0.123. The number of nitrogens with one attached hydrogen (secondary N) is 1. The molecule has 3 rings (SSSR count). The summed E-state index contributed by atoms with van der Waals surface area (Å²) in [5, 5.41) is 6.57. The number of carbonyl (C=O) groups is 1. The molecule has 8 nitrogen and oxygen atoms in total. The first-order chi connectivity index (χ1) is 12.5. The number of amides is 1. The molecule has 1 fully saturated rings. The van der Waals surface area contributed by atoms with Crippen LogP contribution in [0.1, 0.15) is 13.3 Å². The number of sulfonamides is 1. The molecule has 140 valence electrons. The van der Waals surface area contributed by atoms with E-state index in [1.54, 1.807) is 12.1 Å². The molecule has 2 aromatic rings. The van der Waals surface area contributed by atoms with Gasteiger partial charge in [-0.15, -0.1) is 0 Å². The number of nitrogens with zero attached hydrogens (tertiary/aromatic N) is 3. The lowest BCUT2D eigenvalue weighted by Crippen LogP contribution is -2.44. The molecule has 0 spiro atoms. The smallest absolute Gasteiger partial charge is 0.247 e. The molecule has 0 bridgehead atoms. The second-order valence-corrected chi connectivity index (χ2v) is 7.92. The summed E-state index contributed by atoms with van der Waals surface area (Å²) < 4.78 is 34.7. The Labute approximate surface area is 152 Å². The summed E-state index contributed by atoms with van der Waals surface area (Å²) in [5.74, 6) is 0.293. The van der Waals surface area contributed by atoms with E-state index in [4.69, 9.17) is 4.74 Å². The van der Waals surface area contributed by atoms with Crippen LogP contribution in [0.25, 0.3) is 0 Å². The number of aryl methyl sites for hydroxylation is 1. The highest BCUT2D eigenvalue weighted by molar-refractivity contribution is 7.89. The number of para-hydroxylation sites is 1. The summed E-state index contributed by atoms with van der Waals surface area (Å²) >= 11 is 0. The first-order valence-electron chi connectivity index (χ1n) is 8.43. The fourth-order valence-electron chi connectivity index (χ4n) is 3.00. The molecule has 9 heteroatoms. The van der Waals surface area contributed by atoms with Crippen molar-refractivity contribution in [3.63, 3.8) is 0 Å². The predicted molar refractivity (Wildman–Crippen MR) is 95.1 cm³/mol. The molecule has 2 heterocycles. The van der Waals surface area contributed by atoms with Crippen molar-refractivity contribution < 1.29 is 17.9 Å². The van der Waals surface area contributed by atoms with Gasteiger partial charge in [0.1, 0.15) is 22.8 Å². The largest absolute Gasteiger partial charge is 0.489 e. The molecule has 2 atom stereocenters. The molecule has 1 amide bonds. The number of likely N-dealkylation sites (N-methyl/N-ethyl adjacent to an activating group) is 1. The zero-order chi connectivity index (χ0) is 18.7. The van der Waals surface area contributed by atoms with E-state index in [9.17, 15) is 13.2 Å². The Kier molecular flexibility index (Phi) is 5.28. The number of carbonyl (C=O) groups excluding carboxylic acids is 1. The predicted octanol–water partition coefficient (Wildman–Crippen LogP) is 0.860. The van der Waals surface area contributed by atoms with E-state index in [0.717, 1.165) is 0 Å². The van der Waals surface area contributed by atoms with Crippen molar-refractivity contribution in [3.05, 3.63) is 42.7 Å². The first kappa shape index (κ1) is 18.4. The number of hydrogen-bond acceptors (Lipinski definition) is 5. The third-order valence-electron chi connectivity index (χ3n) is 4.35. The summed E-state index contributed by atoms with van der Waals surface area (Å²) in [6.45, 7) is 2.54. The Balaban J connectivity index is 1.86. The summed E-state index contributed by atoms with van der Waals surface area (Å²) in [6, 6.07) is 8.34. The van der Waals surface area contributed by atoms with Crippen molar-refractivity contribution in [2.45, 2.75) is 36.9 Å². The molecule has 0 radical (unpaired) electrons.